The Morgan fingerprint density at radius 1 is 1.14 bits per heavy atom. The number of ether oxygens (including phenoxy) is 1. The van der Waals surface area contributed by atoms with Gasteiger partial charge in [-0.1, -0.05) is 58.0 Å². The van der Waals surface area contributed by atoms with E-state index >= 15 is 0 Å². The van der Waals surface area contributed by atoms with E-state index in [2.05, 4.69) is 32.6 Å². The van der Waals surface area contributed by atoms with Crippen molar-refractivity contribution in [1.29, 1.82) is 5.26 Å². The van der Waals surface area contributed by atoms with Crippen molar-refractivity contribution < 1.29 is 18.7 Å². The van der Waals surface area contributed by atoms with Crippen molar-refractivity contribution in [3.8, 4) is 6.07 Å². The van der Waals surface area contributed by atoms with Gasteiger partial charge in [-0.05, 0) is 48.9 Å². The molecule has 9 heteroatoms. The summed E-state index contributed by atoms with van der Waals surface area (Å²) in [5.74, 6) is -1.02. The molecule has 1 aromatic heterocycles. The number of furan rings is 1. The minimum atomic E-state index is -0.758. The van der Waals surface area contributed by atoms with E-state index in [4.69, 9.17) is 9.15 Å². The highest BCUT2D eigenvalue weighted by atomic mass is 79.9. The lowest BCUT2D eigenvalue weighted by molar-refractivity contribution is -0.140. The zero-order valence-corrected chi connectivity index (χ0v) is 21.7. The number of esters is 1. The molecular weight excluding hydrogens is 542 g/mol. The molecule has 182 valence electrons. The summed E-state index contributed by atoms with van der Waals surface area (Å²) in [5.41, 5.74) is 2.63. The number of amides is 1. The zero-order valence-electron chi connectivity index (χ0n) is 19.3. The molecule has 0 bridgehead atoms. The van der Waals surface area contributed by atoms with E-state index in [1.54, 1.807) is 31.2 Å². The first-order chi connectivity index (χ1) is 17.5. The van der Waals surface area contributed by atoms with Crippen LogP contribution in [0.1, 0.15) is 24.2 Å². The van der Waals surface area contributed by atoms with Crippen molar-refractivity contribution in [2.45, 2.75) is 19.4 Å². The molecule has 3 aromatic rings. The van der Waals surface area contributed by atoms with Gasteiger partial charge in [-0.3, -0.25) is 4.79 Å². The Hall–Kier alpha value is -3.74. The first-order valence-electron chi connectivity index (χ1n) is 11.0. The van der Waals surface area contributed by atoms with Gasteiger partial charge in [-0.2, -0.15) is 5.26 Å². The van der Waals surface area contributed by atoms with Gasteiger partial charge in [0, 0.05) is 15.9 Å². The van der Waals surface area contributed by atoms with E-state index in [-0.39, 0.29) is 23.8 Å². The van der Waals surface area contributed by atoms with Crippen molar-refractivity contribution in [1.82, 2.24) is 5.32 Å². The maximum absolute atomic E-state index is 13.2. The van der Waals surface area contributed by atoms with Crippen molar-refractivity contribution in [2.75, 3.05) is 11.1 Å². The standard InChI is InChI=1S/C27H22BrN3O4S/c1-17-24(27(33)35-15-18-6-3-2-4-7-18)25(22-8-5-13-34-22)21(14-29)26(30-17)36-16-23(32)31-20-11-9-19(28)10-12-20/h2-13,25,30H,15-16H2,1H3,(H,31,32). The Balaban J connectivity index is 1.53. The quantitative estimate of drug-likeness (QED) is 0.331. The number of hydrogen-bond acceptors (Lipinski definition) is 7. The van der Waals surface area contributed by atoms with E-state index < -0.39 is 11.9 Å². The van der Waals surface area contributed by atoms with Crippen LogP contribution < -0.4 is 10.6 Å². The van der Waals surface area contributed by atoms with Crippen LogP contribution in [0.15, 0.2) is 104 Å². The Labute approximate surface area is 221 Å². The third kappa shape index (κ3) is 6.08. The number of dihydropyridines is 1. The summed E-state index contributed by atoms with van der Waals surface area (Å²) in [6.07, 6.45) is 1.49. The molecule has 2 heterocycles. The summed E-state index contributed by atoms with van der Waals surface area (Å²) in [6, 6.07) is 22.2. The highest BCUT2D eigenvalue weighted by molar-refractivity contribution is 9.10. The van der Waals surface area contributed by atoms with Crippen molar-refractivity contribution in [3.63, 3.8) is 0 Å². The summed E-state index contributed by atoms with van der Waals surface area (Å²) < 4.78 is 12.1. The topological polar surface area (TPSA) is 104 Å². The molecule has 0 radical (unpaired) electrons. The Morgan fingerprint density at radius 3 is 2.56 bits per heavy atom. The van der Waals surface area contributed by atoms with Crippen molar-refractivity contribution in [3.05, 3.63) is 111 Å². The van der Waals surface area contributed by atoms with Gasteiger partial charge in [-0.25, -0.2) is 4.79 Å². The SMILES string of the molecule is CC1=C(C(=O)OCc2ccccc2)C(c2ccco2)C(C#N)=C(SCC(=O)Nc2ccc(Br)cc2)N1. The molecule has 1 aliphatic rings. The highest BCUT2D eigenvalue weighted by Gasteiger charge is 2.37. The van der Waals surface area contributed by atoms with E-state index in [0.717, 1.165) is 10.0 Å². The fourth-order valence-electron chi connectivity index (χ4n) is 3.71. The van der Waals surface area contributed by atoms with Gasteiger partial charge < -0.3 is 19.8 Å². The molecule has 0 fully saturated rings. The summed E-state index contributed by atoms with van der Waals surface area (Å²) in [7, 11) is 0. The number of nitrogens with one attached hydrogen (secondary N) is 2. The van der Waals surface area contributed by atoms with Crippen LogP contribution in [0.3, 0.4) is 0 Å². The number of thioether (sulfide) groups is 1. The number of nitrogens with zero attached hydrogens (tertiary/aromatic N) is 1. The van der Waals surface area contributed by atoms with E-state index in [1.165, 1.54) is 18.0 Å². The first kappa shape index (κ1) is 25.4. The van der Waals surface area contributed by atoms with Crippen LogP contribution in [-0.4, -0.2) is 17.6 Å². The number of hydrogen-bond donors (Lipinski definition) is 2. The summed E-state index contributed by atoms with van der Waals surface area (Å²) in [6.45, 7) is 1.84. The molecule has 0 spiro atoms. The zero-order chi connectivity index (χ0) is 25.5. The number of carbonyl (C=O) groups excluding carboxylic acids is 2. The van der Waals surface area contributed by atoms with Gasteiger partial charge in [-0.15, -0.1) is 0 Å². The van der Waals surface area contributed by atoms with Crippen LogP contribution in [0.5, 0.6) is 0 Å². The van der Waals surface area contributed by atoms with Gasteiger partial charge in [0.05, 0.1) is 40.2 Å². The molecule has 36 heavy (non-hydrogen) atoms. The number of nitriles is 1. The summed E-state index contributed by atoms with van der Waals surface area (Å²) in [5, 5.41) is 16.5. The Morgan fingerprint density at radius 2 is 1.89 bits per heavy atom. The molecule has 1 aliphatic heterocycles. The first-order valence-corrected chi connectivity index (χ1v) is 12.8. The van der Waals surface area contributed by atoms with Crippen LogP contribution in [0, 0.1) is 11.3 Å². The molecule has 1 amide bonds. The Bertz CT molecular complexity index is 1340. The average Bonchev–Trinajstić information content (AvgIpc) is 3.42. The van der Waals surface area contributed by atoms with Gasteiger partial charge in [0.1, 0.15) is 12.4 Å². The normalized spacial score (nSPS) is 15.2. The lowest BCUT2D eigenvalue weighted by Gasteiger charge is -2.28. The van der Waals surface area contributed by atoms with Crippen LogP contribution in [0.2, 0.25) is 0 Å². The predicted molar refractivity (Wildman–Crippen MR) is 141 cm³/mol. The smallest absolute Gasteiger partial charge is 0.337 e. The molecule has 1 atom stereocenters. The second kappa shape index (κ2) is 11.8. The molecule has 2 N–H and O–H groups in total. The largest absolute Gasteiger partial charge is 0.468 e. The lowest BCUT2D eigenvalue weighted by atomic mass is 9.86. The maximum atomic E-state index is 13.2. The lowest BCUT2D eigenvalue weighted by Crippen LogP contribution is -2.29. The average molecular weight is 564 g/mol. The van der Waals surface area contributed by atoms with Gasteiger partial charge in [0.2, 0.25) is 5.91 Å². The minimum Gasteiger partial charge on any atom is -0.468 e. The van der Waals surface area contributed by atoms with E-state index in [0.29, 0.717) is 27.7 Å². The monoisotopic (exact) mass is 563 g/mol. The molecule has 2 aromatic carbocycles. The fraction of sp³-hybridized carbons (Fsp3) is 0.148. The number of rotatable bonds is 8. The van der Waals surface area contributed by atoms with Crippen molar-refractivity contribution in [2.24, 2.45) is 0 Å². The van der Waals surface area contributed by atoms with Crippen LogP contribution in [0.4, 0.5) is 5.69 Å². The van der Waals surface area contributed by atoms with Crippen LogP contribution in [0.25, 0.3) is 0 Å². The molecule has 0 aliphatic carbocycles. The van der Waals surface area contributed by atoms with Crippen LogP contribution in [-0.2, 0) is 20.9 Å². The number of benzene rings is 2. The van der Waals surface area contributed by atoms with Crippen LogP contribution >= 0.6 is 27.7 Å². The number of allylic oxidation sites excluding steroid dienone is 2. The number of anilines is 1. The third-order valence-corrected chi connectivity index (χ3v) is 6.93. The van der Waals surface area contributed by atoms with Crippen molar-refractivity contribution >= 4 is 45.3 Å². The highest BCUT2D eigenvalue weighted by Crippen LogP contribution is 2.41. The molecule has 0 saturated heterocycles. The number of halogens is 1. The van der Waals surface area contributed by atoms with Gasteiger partial charge >= 0.3 is 5.97 Å². The summed E-state index contributed by atoms with van der Waals surface area (Å²) in [4.78, 5) is 25.7. The molecular formula is C27H22BrN3O4S. The van der Waals surface area contributed by atoms with E-state index in [1.807, 2.05) is 42.5 Å². The predicted octanol–water partition coefficient (Wildman–Crippen LogP) is 5.85. The second-order valence-electron chi connectivity index (χ2n) is 7.87. The van der Waals surface area contributed by atoms with Gasteiger partial charge in [0.15, 0.2) is 0 Å². The van der Waals surface area contributed by atoms with Gasteiger partial charge in [0.25, 0.3) is 0 Å². The fourth-order valence-corrected chi connectivity index (χ4v) is 4.86. The Kier molecular flexibility index (Phi) is 8.31. The minimum absolute atomic E-state index is 0.0650. The van der Waals surface area contributed by atoms with E-state index in [9.17, 15) is 14.9 Å². The third-order valence-electron chi connectivity index (χ3n) is 5.38. The molecule has 1 unspecified atom stereocenters. The summed E-state index contributed by atoms with van der Waals surface area (Å²) >= 11 is 4.55. The maximum Gasteiger partial charge on any atom is 0.337 e. The molecule has 4 rings (SSSR count). The second-order valence-corrected chi connectivity index (χ2v) is 9.77. The molecule has 0 saturated carbocycles. The molecule has 7 nitrogen and oxygen atoms in total. The number of carbonyl (C=O) groups is 2.